The number of rotatable bonds is 2. The van der Waals surface area contributed by atoms with Gasteiger partial charge in [-0.25, -0.2) is 8.78 Å². The van der Waals surface area contributed by atoms with Crippen LogP contribution in [0.3, 0.4) is 0 Å². The van der Waals surface area contributed by atoms with Crippen molar-refractivity contribution in [3.8, 4) is 0 Å². The normalized spacial score (nSPS) is 16.1. The number of benzene rings is 1. The zero-order chi connectivity index (χ0) is 11.7. The first-order chi connectivity index (χ1) is 7.56. The summed E-state index contributed by atoms with van der Waals surface area (Å²) in [5, 5.41) is 0. The predicted octanol–water partition coefficient (Wildman–Crippen LogP) is 0.677. The molecule has 1 amide bonds. The smallest absolute Gasteiger partial charge is 0.227 e. The van der Waals surface area contributed by atoms with Gasteiger partial charge in [-0.3, -0.25) is 4.79 Å². The molecule has 0 spiro atoms. The molecule has 1 saturated heterocycles. The number of halogens is 2. The standard InChI is InChI=1S/C11H12F2N2O/c12-8-2-1-7(10(13)4-8)3-11(16)15-5-9(14)6-15/h1-2,4,9H,3,5-6,14H2. The summed E-state index contributed by atoms with van der Waals surface area (Å²) in [7, 11) is 0. The van der Waals surface area contributed by atoms with Crippen LogP contribution in [-0.4, -0.2) is 29.9 Å². The zero-order valence-corrected chi connectivity index (χ0v) is 8.62. The number of hydrogen-bond donors (Lipinski definition) is 1. The molecular formula is C11H12F2N2O. The molecule has 1 fully saturated rings. The van der Waals surface area contributed by atoms with Crippen molar-refractivity contribution in [1.29, 1.82) is 0 Å². The van der Waals surface area contributed by atoms with Gasteiger partial charge in [0, 0.05) is 25.2 Å². The second kappa shape index (κ2) is 4.17. The molecule has 0 unspecified atom stereocenters. The van der Waals surface area contributed by atoms with Gasteiger partial charge in [0.05, 0.1) is 6.42 Å². The molecule has 0 aromatic heterocycles. The fourth-order valence-corrected chi connectivity index (χ4v) is 1.66. The van der Waals surface area contributed by atoms with Gasteiger partial charge in [-0.1, -0.05) is 6.07 Å². The average Bonchev–Trinajstić information content (AvgIpc) is 2.17. The fraction of sp³-hybridized carbons (Fsp3) is 0.364. The van der Waals surface area contributed by atoms with Crippen molar-refractivity contribution in [2.24, 2.45) is 5.73 Å². The first-order valence-electron chi connectivity index (χ1n) is 5.03. The number of likely N-dealkylation sites (tertiary alicyclic amines) is 1. The lowest BCUT2D eigenvalue weighted by atomic mass is 10.1. The summed E-state index contributed by atoms with van der Waals surface area (Å²) in [4.78, 5) is 13.2. The van der Waals surface area contributed by atoms with Gasteiger partial charge in [0.1, 0.15) is 11.6 Å². The fourth-order valence-electron chi connectivity index (χ4n) is 1.66. The maximum atomic E-state index is 13.2. The number of amides is 1. The minimum atomic E-state index is -0.682. The molecule has 1 aliphatic heterocycles. The Kier molecular flexibility index (Phi) is 2.87. The lowest BCUT2D eigenvalue weighted by Crippen LogP contribution is -2.58. The van der Waals surface area contributed by atoms with Gasteiger partial charge < -0.3 is 10.6 Å². The van der Waals surface area contributed by atoms with E-state index in [0.717, 1.165) is 12.1 Å². The third-order valence-corrected chi connectivity index (χ3v) is 2.62. The quantitative estimate of drug-likeness (QED) is 0.806. The SMILES string of the molecule is NC1CN(C(=O)Cc2ccc(F)cc2F)C1. The Bertz CT molecular complexity index is 416. The largest absolute Gasteiger partial charge is 0.339 e. The van der Waals surface area contributed by atoms with Gasteiger partial charge in [-0.05, 0) is 11.6 Å². The van der Waals surface area contributed by atoms with Crippen LogP contribution in [0.1, 0.15) is 5.56 Å². The Morgan fingerprint density at radius 1 is 1.44 bits per heavy atom. The molecule has 0 saturated carbocycles. The van der Waals surface area contributed by atoms with E-state index in [2.05, 4.69) is 0 Å². The van der Waals surface area contributed by atoms with E-state index in [1.807, 2.05) is 0 Å². The molecule has 5 heteroatoms. The van der Waals surface area contributed by atoms with E-state index in [9.17, 15) is 13.6 Å². The molecule has 0 aliphatic carbocycles. The van der Waals surface area contributed by atoms with Crippen LogP contribution >= 0.6 is 0 Å². The molecule has 86 valence electrons. The van der Waals surface area contributed by atoms with Crippen molar-refractivity contribution >= 4 is 5.91 Å². The zero-order valence-electron chi connectivity index (χ0n) is 8.62. The molecule has 0 bridgehead atoms. The van der Waals surface area contributed by atoms with E-state index in [1.165, 1.54) is 6.07 Å². The highest BCUT2D eigenvalue weighted by atomic mass is 19.1. The van der Waals surface area contributed by atoms with Gasteiger partial charge in [-0.2, -0.15) is 0 Å². The van der Waals surface area contributed by atoms with Crippen molar-refractivity contribution < 1.29 is 13.6 Å². The molecule has 1 aliphatic rings. The first-order valence-corrected chi connectivity index (χ1v) is 5.03. The monoisotopic (exact) mass is 226 g/mol. The van der Waals surface area contributed by atoms with Gasteiger partial charge in [0.2, 0.25) is 5.91 Å². The predicted molar refractivity (Wildman–Crippen MR) is 54.6 cm³/mol. The second-order valence-corrected chi connectivity index (χ2v) is 3.97. The van der Waals surface area contributed by atoms with Crippen LogP contribution in [0.25, 0.3) is 0 Å². The van der Waals surface area contributed by atoms with Gasteiger partial charge in [0.15, 0.2) is 0 Å². The van der Waals surface area contributed by atoms with Gasteiger partial charge >= 0.3 is 0 Å². The summed E-state index contributed by atoms with van der Waals surface area (Å²) in [5.74, 6) is -1.50. The summed E-state index contributed by atoms with van der Waals surface area (Å²) in [6, 6.07) is 3.25. The maximum Gasteiger partial charge on any atom is 0.227 e. The Morgan fingerprint density at radius 2 is 2.12 bits per heavy atom. The maximum absolute atomic E-state index is 13.2. The minimum Gasteiger partial charge on any atom is -0.339 e. The summed E-state index contributed by atoms with van der Waals surface area (Å²) >= 11 is 0. The molecule has 1 heterocycles. The molecule has 0 atom stereocenters. The molecule has 1 aromatic carbocycles. The number of nitrogens with zero attached hydrogens (tertiary/aromatic N) is 1. The number of carbonyl (C=O) groups is 1. The molecule has 1 aromatic rings. The van der Waals surface area contributed by atoms with Crippen LogP contribution < -0.4 is 5.73 Å². The summed E-state index contributed by atoms with van der Waals surface area (Å²) in [6.45, 7) is 1.03. The first kappa shape index (κ1) is 11.0. The van der Waals surface area contributed by atoms with Crippen molar-refractivity contribution in [2.75, 3.05) is 13.1 Å². The summed E-state index contributed by atoms with van der Waals surface area (Å²) < 4.78 is 25.9. The van der Waals surface area contributed by atoms with Crippen LogP contribution in [0.15, 0.2) is 18.2 Å². The van der Waals surface area contributed by atoms with E-state index in [0.29, 0.717) is 13.1 Å². The van der Waals surface area contributed by atoms with E-state index >= 15 is 0 Å². The highest BCUT2D eigenvalue weighted by molar-refractivity contribution is 5.79. The molecule has 2 rings (SSSR count). The molecule has 2 N–H and O–H groups in total. The van der Waals surface area contributed by atoms with Crippen molar-refractivity contribution in [2.45, 2.75) is 12.5 Å². The lowest BCUT2D eigenvalue weighted by molar-refractivity contribution is -0.134. The third-order valence-electron chi connectivity index (χ3n) is 2.62. The highest BCUT2D eigenvalue weighted by Crippen LogP contribution is 2.13. The molecule has 0 radical (unpaired) electrons. The summed E-state index contributed by atoms with van der Waals surface area (Å²) in [6.07, 6.45) is -0.0428. The Hall–Kier alpha value is -1.49. The van der Waals surface area contributed by atoms with E-state index in [4.69, 9.17) is 5.73 Å². The lowest BCUT2D eigenvalue weighted by Gasteiger charge is -2.36. The molecule has 16 heavy (non-hydrogen) atoms. The van der Waals surface area contributed by atoms with E-state index in [-0.39, 0.29) is 23.9 Å². The Labute approximate surface area is 91.8 Å². The Morgan fingerprint density at radius 3 is 2.69 bits per heavy atom. The van der Waals surface area contributed by atoms with Crippen molar-refractivity contribution in [3.63, 3.8) is 0 Å². The topological polar surface area (TPSA) is 46.3 Å². The van der Waals surface area contributed by atoms with Gasteiger partial charge in [-0.15, -0.1) is 0 Å². The summed E-state index contributed by atoms with van der Waals surface area (Å²) in [5.41, 5.74) is 5.75. The van der Waals surface area contributed by atoms with Crippen molar-refractivity contribution in [1.82, 2.24) is 4.90 Å². The van der Waals surface area contributed by atoms with Crippen LogP contribution in [0.4, 0.5) is 8.78 Å². The van der Waals surface area contributed by atoms with Crippen LogP contribution in [0, 0.1) is 11.6 Å². The molecular weight excluding hydrogens is 214 g/mol. The van der Waals surface area contributed by atoms with Crippen LogP contribution in [0.2, 0.25) is 0 Å². The highest BCUT2D eigenvalue weighted by Gasteiger charge is 2.27. The number of nitrogens with two attached hydrogens (primary N) is 1. The third kappa shape index (κ3) is 2.19. The van der Waals surface area contributed by atoms with E-state index in [1.54, 1.807) is 4.90 Å². The van der Waals surface area contributed by atoms with Crippen molar-refractivity contribution in [3.05, 3.63) is 35.4 Å². The minimum absolute atomic E-state index is 0.0296. The molecule has 3 nitrogen and oxygen atoms in total. The van der Waals surface area contributed by atoms with E-state index < -0.39 is 11.6 Å². The van der Waals surface area contributed by atoms with Gasteiger partial charge in [0.25, 0.3) is 0 Å². The number of carbonyl (C=O) groups excluding carboxylic acids is 1. The Balaban J connectivity index is 2.01. The second-order valence-electron chi connectivity index (χ2n) is 3.97. The van der Waals surface area contributed by atoms with Crippen LogP contribution in [0.5, 0.6) is 0 Å². The average molecular weight is 226 g/mol. The number of hydrogen-bond acceptors (Lipinski definition) is 2. The van der Waals surface area contributed by atoms with Crippen LogP contribution in [-0.2, 0) is 11.2 Å².